The number of aromatic nitrogens is 2. The van der Waals surface area contributed by atoms with E-state index in [1.54, 1.807) is 0 Å². The second-order valence-electron chi connectivity index (χ2n) is 4.65. The molecule has 0 atom stereocenters. The summed E-state index contributed by atoms with van der Waals surface area (Å²) in [5.74, 6) is 2.38. The van der Waals surface area contributed by atoms with Gasteiger partial charge in [0.15, 0.2) is 0 Å². The van der Waals surface area contributed by atoms with Gasteiger partial charge in [0.2, 0.25) is 0 Å². The van der Waals surface area contributed by atoms with E-state index in [0.717, 1.165) is 35.6 Å². The van der Waals surface area contributed by atoms with Crippen molar-refractivity contribution in [2.24, 2.45) is 0 Å². The molecule has 0 amide bonds. The lowest BCUT2D eigenvalue weighted by Gasteiger charge is -2.09. The number of nitrogens with zero attached hydrogens (tertiary/aromatic N) is 2. The van der Waals surface area contributed by atoms with E-state index in [9.17, 15) is 0 Å². The smallest absolute Gasteiger partial charge is 0.137 e. The van der Waals surface area contributed by atoms with E-state index in [-0.39, 0.29) is 0 Å². The fraction of sp³-hybridized carbons (Fsp3) is 0.385. The van der Waals surface area contributed by atoms with Crippen molar-refractivity contribution < 1.29 is 5.73 Å². The van der Waals surface area contributed by atoms with Crippen LogP contribution in [0, 0.1) is 0 Å². The lowest BCUT2D eigenvalue weighted by molar-refractivity contribution is -0.362. The Morgan fingerprint density at radius 3 is 2.89 bits per heavy atom. The SMILES string of the molecule is [NH3+]CCNc1nc(C2CC2)nc2cc(Cl)ccc12. The third-order valence-electron chi connectivity index (χ3n) is 3.09. The highest BCUT2D eigenvalue weighted by Gasteiger charge is 2.27. The summed E-state index contributed by atoms with van der Waals surface area (Å²) in [5.41, 5.74) is 4.76. The van der Waals surface area contributed by atoms with Crippen molar-refractivity contribution in [1.29, 1.82) is 0 Å². The van der Waals surface area contributed by atoms with Crippen LogP contribution >= 0.6 is 11.6 Å². The summed E-state index contributed by atoms with van der Waals surface area (Å²) in [7, 11) is 0. The van der Waals surface area contributed by atoms with Crippen LogP contribution in [-0.4, -0.2) is 23.1 Å². The van der Waals surface area contributed by atoms with Crippen molar-refractivity contribution in [2.45, 2.75) is 18.8 Å². The summed E-state index contributed by atoms with van der Waals surface area (Å²) in [6, 6.07) is 5.75. The molecule has 5 heteroatoms. The van der Waals surface area contributed by atoms with Gasteiger partial charge < -0.3 is 11.1 Å². The number of fused-ring (bicyclic) bond motifs is 1. The van der Waals surface area contributed by atoms with Gasteiger partial charge in [0, 0.05) is 16.3 Å². The summed E-state index contributed by atoms with van der Waals surface area (Å²) in [6.45, 7) is 1.65. The molecule has 18 heavy (non-hydrogen) atoms. The highest BCUT2D eigenvalue weighted by Crippen LogP contribution is 2.39. The quantitative estimate of drug-likeness (QED) is 0.884. The molecule has 2 aromatic rings. The normalized spacial score (nSPS) is 15.0. The first-order chi connectivity index (χ1) is 8.78. The van der Waals surface area contributed by atoms with E-state index >= 15 is 0 Å². The second kappa shape index (κ2) is 4.71. The molecule has 1 aromatic heterocycles. The number of anilines is 1. The van der Waals surface area contributed by atoms with Crippen LogP contribution in [0.25, 0.3) is 10.9 Å². The predicted molar refractivity (Wildman–Crippen MR) is 72.8 cm³/mol. The van der Waals surface area contributed by atoms with Crippen LogP contribution in [0.2, 0.25) is 5.02 Å². The van der Waals surface area contributed by atoms with Gasteiger partial charge in [-0.3, -0.25) is 0 Å². The number of benzene rings is 1. The Bertz CT molecular complexity index is 580. The molecular weight excluding hydrogens is 248 g/mol. The number of hydrogen-bond acceptors (Lipinski definition) is 3. The molecule has 1 aliphatic rings. The minimum atomic E-state index is 0.536. The number of quaternary nitrogens is 1. The summed E-state index contributed by atoms with van der Waals surface area (Å²) < 4.78 is 0. The van der Waals surface area contributed by atoms with Crippen molar-refractivity contribution in [1.82, 2.24) is 9.97 Å². The third kappa shape index (κ3) is 2.26. The van der Waals surface area contributed by atoms with E-state index in [1.165, 1.54) is 12.8 Å². The number of rotatable bonds is 4. The zero-order chi connectivity index (χ0) is 12.5. The largest absolute Gasteiger partial charge is 0.364 e. The molecule has 1 aliphatic carbocycles. The van der Waals surface area contributed by atoms with Crippen molar-refractivity contribution in [2.75, 3.05) is 18.4 Å². The van der Waals surface area contributed by atoms with Crippen molar-refractivity contribution >= 4 is 28.3 Å². The molecule has 1 aromatic carbocycles. The van der Waals surface area contributed by atoms with Crippen LogP contribution in [-0.2, 0) is 0 Å². The number of hydrogen-bond donors (Lipinski definition) is 2. The molecule has 0 aliphatic heterocycles. The van der Waals surface area contributed by atoms with Gasteiger partial charge in [0.05, 0.1) is 18.6 Å². The third-order valence-corrected chi connectivity index (χ3v) is 3.32. The van der Waals surface area contributed by atoms with Crippen LogP contribution in [0.5, 0.6) is 0 Å². The Kier molecular flexibility index (Phi) is 3.06. The molecular formula is C13H16ClN4+. The van der Waals surface area contributed by atoms with Gasteiger partial charge in [-0.15, -0.1) is 0 Å². The first kappa shape index (κ1) is 11.7. The molecule has 4 nitrogen and oxygen atoms in total. The molecule has 1 saturated carbocycles. The molecule has 1 fully saturated rings. The Hall–Kier alpha value is -1.39. The van der Waals surface area contributed by atoms with Crippen LogP contribution in [0.4, 0.5) is 5.82 Å². The Morgan fingerprint density at radius 1 is 1.33 bits per heavy atom. The maximum atomic E-state index is 6.03. The van der Waals surface area contributed by atoms with Crippen molar-refractivity contribution in [3.8, 4) is 0 Å². The van der Waals surface area contributed by atoms with E-state index < -0.39 is 0 Å². The zero-order valence-corrected chi connectivity index (χ0v) is 10.9. The van der Waals surface area contributed by atoms with E-state index in [1.807, 2.05) is 18.2 Å². The molecule has 0 spiro atoms. The van der Waals surface area contributed by atoms with Gasteiger partial charge in [-0.2, -0.15) is 0 Å². The van der Waals surface area contributed by atoms with Gasteiger partial charge in [-0.05, 0) is 31.0 Å². The average Bonchev–Trinajstić information content (AvgIpc) is 3.19. The Labute approximate surface area is 111 Å². The first-order valence-electron chi connectivity index (χ1n) is 6.28. The first-order valence-corrected chi connectivity index (χ1v) is 6.66. The summed E-state index contributed by atoms with van der Waals surface area (Å²) in [4.78, 5) is 9.25. The Balaban J connectivity index is 2.10. The predicted octanol–water partition coefficient (Wildman–Crippen LogP) is 1.81. The lowest BCUT2D eigenvalue weighted by Crippen LogP contribution is -2.53. The van der Waals surface area contributed by atoms with Crippen molar-refractivity contribution in [3.63, 3.8) is 0 Å². The summed E-state index contributed by atoms with van der Waals surface area (Å²) in [6.07, 6.45) is 2.39. The van der Waals surface area contributed by atoms with E-state index in [0.29, 0.717) is 10.9 Å². The topological polar surface area (TPSA) is 65.5 Å². The standard InChI is InChI=1S/C13H15ClN4/c14-9-3-4-10-11(7-9)17-12(8-1-2-8)18-13(10)16-6-5-15/h3-4,7-8H,1-2,5-6,15H2,(H,16,17,18)/p+1. The highest BCUT2D eigenvalue weighted by molar-refractivity contribution is 6.31. The highest BCUT2D eigenvalue weighted by atomic mass is 35.5. The molecule has 3 rings (SSSR count). The summed E-state index contributed by atoms with van der Waals surface area (Å²) in [5, 5.41) is 5.06. The summed E-state index contributed by atoms with van der Waals surface area (Å²) >= 11 is 6.03. The van der Waals surface area contributed by atoms with E-state index in [2.05, 4.69) is 21.0 Å². The number of halogens is 1. The zero-order valence-electron chi connectivity index (χ0n) is 10.1. The average molecular weight is 264 g/mol. The van der Waals surface area contributed by atoms with E-state index in [4.69, 9.17) is 11.6 Å². The number of nitrogens with one attached hydrogen (secondary N) is 1. The molecule has 94 valence electrons. The van der Waals surface area contributed by atoms with Gasteiger partial charge in [0.1, 0.15) is 11.6 Å². The van der Waals surface area contributed by atoms with Gasteiger partial charge in [0.25, 0.3) is 0 Å². The molecule has 0 saturated heterocycles. The maximum absolute atomic E-state index is 6.03. The van der Waals surface area contributed by atoms with Crippen LogP contribution < -0.4 is 11.1 Å². The van der Waals surface area contributed by atoms with Crippen LogP contribution in [0.15, 0.2) is 18.2 Å². The maximum Gasteiger partial charge on any atom is 0.137 e. The lowest BCUT2D eigenvalue weighted by atomic mass is 10.2. The van der Waals surface area contributed by atoms with Gasteiger partial charge >= 0.3 is 0 Å². The van der Waals surface area contributed by atoms with Crippen LogP contribution in [0.3, 0.4) is 0 Å². The molecule has 1 heterocycles. The second-order valence-corrected chi connectivity index (χ2v) is 5.08. The Morgan fingerprint density at radius 2 is 2.17 bits per heavy atom. The fourth-order valence-electron chi connectivity index (χ4n) is 1.99. The molecule has 0 radical (unpaired) electrons. The van der Waals surface area contributed by atoms with Gasteiger partial charge in [-0.1, -0.05) is 11.6 Å². The molecule has 0 unspecified atom stereocenters. The van der Waals surface area contributed by atoms with Crippen LogP contribution in [0.1, 0.15) is 24.6 Å². The molecule has 0 bridgehead atoms. The monoisotopic (exact) mass is 263 g/mol. The molecule has 4 N–H and O–H groups in total. The minimum absolute atomic E-state index is 0.536. The van der Waals surface area contributed by atoms with Gasteiger partial charge in [-0.25, -0.2) is 9.97 Å². The fourth-order valence-corrected chi connectivity index (χ4v) is 2.15. The van der Waals surface area contributed by atoms with Crippen molar-refractivity contribution in [3.05, 3.63) is 29.0 Å². The minimum Gasteiger partial charge on any atom is -0.364 e.